The SMILES string of the molecule is COc1ccc(Br)c(C(=O)N[C@@H]2C[C@H]3C(=O)Nc4ccccc4N3C2)c1. The molecule has 2 N–H and O–H groups in total. The van der Waals surface area contributed by atoms with E-state index in [0.29, 0.717) is 28.8 Å². The van der Waals surface area contributed by atoms with E-state index in [1.165, 1.54) is 0 Å². The molecule has 2 amide bonds. The van der Waals surface area contributed by atoms with Gasteiger partial charge in [0.1, 0.15) is 11.8 Å². The lowest BCUT2D eigenvalue weighted by Crippen LogP contribution is -2.44. The standard InChI is InChI=1S/C19H18BrN3O3/c1-26-12-6-7-14(20)13(9-12)18(24)21-11-8-17-19(25)22-15-4-2-3-5-16(15)23(17)10-11/h2-7,9,11,17H,8,10H2,1H3,(H,21,24)(H,22,25)/t11-,17+/m1/s1. The smallest absolute Gasteiger partial charge is 0.252 e. The Bertz CT molecular complexity index is 886. The van der Waals surface area contributed by atoms with Gasteiger partial charge in [0.25, 0.3) is 5.91 Å². The first kappa shape index (κ1) is 16.9. The van der Waals surface area contributed by atoms with Crippen molar-refractivity contribution in [2.45, 2.75) is 18.5 Å². The maximum Gasteiger partial charge on any atom is 0.252 e. The van der Waals surface area contributed by atoms with Gasteiger partial charge >= 0.3 is 0 Å². The Morgan fingerprint density at radius 1 is 1.31 bits per heavy atom. The van der Waals surface area contributed by atoms with Crippen molar-refractivity contribution in [3.8, 4) is 5.75 Å². The number of fused-ring (bicyclic) bond motifs is 3. The van der Waals surface area contributed by atoms with E-state index in [2.05, 4.69) is 31.5 Å². The summed E-state index contributed by atoms with van der Waals surface area (Å²) in [6.07, 6.45) is 0.577. The van der Waals surface area contributed by atoms with Gasteiger partial charge in [-0.1, -0.05) is 12.1 Å². The number of rotatable bonds is 3. The average molecular weight is 416 g/mol. The second-order valence-electron chi connectivity index (χ2n) is 6.43. The number of methoxy groups -OCH3 is 1. The van der Waals surface area contributed by atoms with Crippen molar-refractivity contribution in [3.63, 3.8) is 0 Å². The minimum absolute atomic E-state index is 0.0250. The third-order valence-corrected chi connectivity index (χ3v) is 5.52. The summed E-state index contributed by atoms with van der Waals surface area (Å²) in [6.45, 7) is 0.600. The van der Waals surface area contributed by atoms with Crippen molar-refractivity contribution in [1.29, 1.82) is 0 Å². The molecule has 0 aliphatic carbocycles. The van der Waals surface area contributed by atoms with Crippen LogP contribution in [0.1, 0.15) is 16.8 Å². The van der Waals surface area contributed by atoms with Crippen molar-refractivity contribution in [3.05, 3.63) is 52.5 Å². The fraction of sp³-hybridized carbons (Fsp3) is 0.263. The summed E-state index contributed by atoms with van der Waals surface area (Å²) >= 11 is 3.41. The Balaban J connectivity index is 1.53. The second-order valence-corrected chi connectivity index (χ2v) is 7.28. The van der Waals surface area contributed by atoms with Crippen molar-refractivity contribution in [2.75, 3.05) is 23.9 Å². The Morgan fingerprint density at radius 3 is 2.92 bits per heavy atom. The molecule has 2 aromatic carbocycles. The third kappa shape index (κ3) is 2.92. The lowest BCUT2D eigenvalue weighted by atomic mass is 10.1. The van der Waals surface area contributed by atoms with Gasteiger partial charge in [-0.15, -0.1) is 0 Å². The zero-order chi connectivity index (χ0) is 18.3. The average Bonchev–Trinajstić information content (AvgIpc) is 3.07. The van der Waals surface area contributed by atoms with Gasteiger partial charge in [0.2, 0.25) is 5.91 Å². The van der Waals surface area contributed by atoms with Gasteiger partial charge < -0.3 is 20.3 Å². The Kier molecular flexibility index (Phi) is 4.32. The highest BCUT2D eigenvalue weighted by Crippen LogP contribution is 2.36. The van der Waals surface area contributed by atoms with E-state index >= 15 is 0 Å². The van der Waals surface area contributed by atoms with E-state index < -0.39 is 0 Å². The molecule has 7 heteroatoms. The Hall–Kier alpha value is -2.54. The monoisotopic (exact) mass is 415 g/mol. The second kappa shape index (κ2) is 6.64. The number of carbonyl (C=O) groups excluding carboxylic acids is 2. The van der Waals surface area contributed by atoms with Crippen LogP contribution in [0, 0.1) is 0 Å². The zero-order valence-electron chi connectivity index (χ0n) is 14.2. The number of benzene rings is 2. The topological polar surface area (TPSA) is 70.7 Å². The van der Waals surface area contributed by atoms with E-state index in [4.69, 9.17) is 4.74 Å². The van der Waals surface area contributed by atoms with Crippen LogP contribution < -0.4 is 20.3 Å². The van der Waals surface area contributed by atoms with Gasteiger partial charge in [-0.3, -0.25) is 9.59 Å². The Morgan fingerprint density at radius 2 is 2.12 bits per heavy atom. The molecule has 0 unspecified atom stereocenters. The number of anilines is 2. The molecule has 0 aromatic heterocycles. The minimum atomic E-state index is -0.260. The van der Waals surface area contributed by atoms with Crippen LogP contribution in [-0.2, 0) is 4.79 Å². The van der Waals surface area contributed by atoms with E-state index in [0.717, 1.165) is 11.4 Å². The van der Waals surface area contributed by atoms with Crippen molar-refractivity contribution in [2.24, 2.45) is 0 Å². The molecule has 1 fully saturated rings. The first-order chi connectivity index (χ1) is 12.6. The van der Waals surface area contributed by atoms with Crippen LogP contribution in [0.25, 0.3) is 0 Å². The van der Waals surface area contributed by atoms with Crippen LogP contribution >= 0.6 is 15.9 Å². The number of hydrogen-bond acceptors (Lipinski definition) is 4. The first-order valence-electron chi connectivity index (χ1n) is 8.38. The van der Waals surface area contributed by atoms with Gasteiger partial charge in [0, 0.05) is 17.1 Å². The molecule has 2 aliphatic rings. The van der Waals surface area contributed by atoms with Crippen molar-refractivity contribution >= 4 is 39.1 Å². The van der Waals surface area contributed by atoms with Crippen LogP contribution in [0.2, 0.25) is 0 Å². The largest absolute Gasteiger partial charge is 0.497 e. The molecular formula is C19H18BrN3O3. The van der Waals surface area contributed by atoms with Gasteiger partial charge in [0.05, 0.1) is 24.0 Å². The maximum absolute atomic E-state index is 12.7. The normalized spacial score (nSPS) is 20.8. The first-order valence-corrected chi connectivity index (χ1v) is 9.17. The summed E-state index contributed by atoms with van der Waals surface area (Å²) < 4.78 is 5.90. The summed E-state index contributed by atoms with van der Waals surface area (Å²) in [5.74, 6) is 0.410. The van der Waals surface area contributed by atoms with Crippen LogP contribution in [-0.4, -0.2) is 37.6 Å². The third-order valence-electron chi connectivity index (χ3n) is 4.83. The van der Waals surface area contributed by atoms with Crippen molar-refractivity contribution < 1.29 is 14.3 Å². The van der Waals surface area contributed by atoms with E-state index in [9.17, 15) is 9.59 Å². The maximum atomic E-state index is 12.7. The van der Waals surface area contributed by atoms with Gasteiger partial charge in [-0.25, -0.2) is 0 Å². The fourth-order valence-corrected chi connectivity index (χ4v) is 4.00. The van der Waals surface area contributed by atoms with Gasteiger partial charge in [-0.2, -0.15) is 0 Å². The number of nitrogens with one attached hydrogen (secondary N) is 2. The predicted octanol–water partition coefficient (Wildman–Crippen LogP) is 2.79. The van der Waals surface area contributed by atoms with Crippen LogP contribution in [0.5, 0.6) is 5.75 Å². The summed E-state index contributed by atoms with van der Waals surface area (Å²) in [6, 6.07) is 12.6. The lowest BCUT2D eigenvalue weighted by Gasteiger charge is -2.32. The van der Waals surface area contributed by atoms with Gasteiger partial charge in [0.15, 0.2) is 0 Å². The molecule has 0 saturated carbocycles. The highest BCUT2D eigenvalue weighted by atomic mass is 79.9. The summed E-state index contributed by atoms with van der Waals surface area (Å²) in [5, 5.41) is 5.99. The van der Waals surface area contributed by atoms with Crippen molar-refractivity contribution in [1.82, 2.24) is 5.32 Å². The highest BCUT2D eigenvalue weighted by molar-refractivity contribution is 9.10. The minimum Gasteiger partial charge on any atom is -0.497 e. The van der Waals surface area contributed by atoms with E-state index in [-0.39, 0.29) is 23.9 Å². The Labute approximate surface area is 159 Å². The van der Waals surface area contributed by atoms with Crippen LogP contribution in [0.4, 0.5) is 11.4 Å². The number of amides is 2. The quantitative estimate of drug-likeness (QED) is 0.808. The molecule has 0 spiro atoms. The number of nitrogens with zero attached hydrogens (tertiary/aromatic N) is 1. The molecule has 4 rings (SSSR count). The molecule has 134 valence electrons. The summed E-state index contributed by atoms with van der Waals surface area (Å²) in [4.78, 5) is 27.2. The number of para-hydroxylation sites is 2. The van der Waals surface area contributed by atoms with E-state index in [1.54, 1.807) is 25.3 Å². The van der Waals surface area contributed by atoms with Gasteiger partial charge in [-0.05, 0) is 52.7 Å². The zero-order valence-corrected chi connectivity index (χ0v) is 15.7. The highest BCUT2D eigenvalue weighted by Gasteiger charge is 2.41. The molecule has 2 aromatic rings. The number of ether oxygens (including phenoxy) is 1. The molecule has 1 saturated heterocycles. The lowest BCUT2D eigenvalue weighted by molar-refractivity contribution is -0.117. The molecule has 2 heterocycles. The predicted molar refractivity (Wildman–Crippen MR) is 103 cm³/mol. The van der Waals surface area contributed by atoms with Crippen LogP contribution in [0.15, 0.2) is 46.9 Å². The fourth-order valence-electron chi connectivity index (χ4n) is 3.57. The molecule has 6 nitrogen and oxygen atoms in total. The number of hydrogen-bond donors (Lipinski definition) is 2. The van der Waals surface area contributed by atoms with Crippen LogP contribution in [0.3, 0.4) is 0 Å². The molecule has 0 radical (unpaired) electrons. The molecule has 26 heavy (non-hydrogen) atoms. The molecule has 2 atom stereocenters. The number of halogens is 1. The molecule has 2 aliphatic heterocycles. The number of carbonyl (C=O) groups is 2. The van der Waals surface area contributed by atoms with E-state index in [1.807, 2.05) is 24.3 Å². The molecular weight excluding hydrogens is 398 g/mol. The molecule has 0 bridgehead atoms. The summed E-state index contributed by atoms with van der Waals surface area (Å²) in [5.41, 5.74) is 2.33. The summed E-state index contributed by atoms with van der Waals surface area (Å²) in [7, 11) is 1.57.